The minimum atomic E-state index is -0.218. The van der Waals surface area contributed by atoms with E-state index in [1.807, 2.05) is 6.92 Å². The average Bonchev–Trinajstić information content (AvgIpc) is 2.38. The standard InChI is InChI=1S/C13H18N2O3/c1-10-6-7-11(9-15-10)13(17)14-8-4-3-5-12(16)18-2/h6-7,9H,3-5,8H2,1-2H3,(H,14,17). The molecule has 0 bridgehead atoms. The Morgan fingerprint density at radius 1 is 1.33 bits per heavy atom. The van der Waals surface area contributed by atoms with Crippen LogP contribution in [0, 0.1) is 6.92 Å². The molecule has 1 aromatic heterocycles. The Morgan fingerprint density at radius 2 is 2.11 bits per heavy atom. The molecule has 1 aromatic rings. The van der Waals surface area contributed by atoms with Crippen molar-refractivity contribution in [3.05, 3.63) is 29.6 Å². The van der Waals surface area contributed by atoms with Gasteiger partial charge in [-0.15, -0.1) is 0 Å². The van der Waals surface area contributed by atoms with E-state index in [0.717, 1.165) is 12.1 Å². The molecule has 0 unspecified atom stereocenters. The van der Waals surface area contributed by atoms with Crippen LogP contribution >= 0.6 is 0 Å². The number of nitrogens with zero attached hydrogens (tertiary/aromatic N) is 1. The van der Waals surface area contributed by atoms with Crippen LogP contribution in [0.1, 0.15) is 35.3 Å². The molecule has 5 heteroatoms. The number of hydrogen-bond donors (Lipinski definition) is 1. The normalized spacial score (nSPS) is 9.89. The average molecular weight is 250 g/mol. The largest absolute Gasteiger partial charge is 0.469 e. The summed E-state index contributed by atoms with van der Waals surface area (Å²) >= 11 is 0. The quantitative estimate of drug-likeness (QED) is 0.613. The SMILES string of the molecule is COC(=O)CCCCNC(=O)c1ccc(C)nc1. The zero-order valence-corrected chi connectivity index (χ0v) is 10.7. The maximum Gasteiger partial charge on any atom is 0.305 e. The summed E-state index contributed by atoms with van der Waals surface area (Å²) in [5.74, 6) is -0.357. The summed E-state index contributed by atoms with van der Waals surface area (Å²) in [6.45, 7) is 2.41. The summed E-state index contributed by atoms with van der Waals surface area (Å²) in [7, 11) is 1.37. The topological polar surface area (TPSA) is 68.3 Å². The van der Waals surface area contributed by atoms with Gasteiger partial charge in [0.15, 0.2) is 0 Å². The summed E-state index contributed by atoms with van der Waals surface area (Å²) < 4.78 is 4.52. The van der Waals surface area contributed by atoms with E-state index in [9.17, 15) is 9.59 Å². The Kier molecular flexibility index (Phi) is 5.84. The van der Waals surface area contributed by atoms with E-state index in [-0.39, 0.29) is 11.9 Å². The molecule has 1 rings (SSSR count). The fourth-order valence-corrected chi connectivity index (χ4v) is 1.40. The van der Waals surface area contributed by atoms with Crippen molar-refractivity contribution in [2.75, 3.05) is 13.7 Å². The molecule has 0 aliphatic heterocycles. The number of amides is 1. The number of rotatable bonds is 6. The van der Waals surface area contributed by atoms with Crippen LogP contribution in [0.5, 0.6) is 0 Å². The van der Waals surface area contributed by atoms with Gasteiger partial charge < -0.3 is 10.1 Å². The predicted molar refractivity (Wildman–Crippen MR) is 67.2 cm³/mol. The van der Waals surface area contributed by atoms with Gasteiger partial charge in [0.1, 0.15) is 0 Å². The maximum absolute atomic E-state index is 11.7. The van der Waals surface area contributed by atoms with E-state index in [2.05, 4.69) is 15.0 Å². The number of aryl methyl sites for hydroxylation is 1. The van der Waals surface area contributed by atoms with Gasteiger partial charge in [0.25, 0.3) is 5.91 Å². The van der Waals surface area contributed by atoms with Crippen LogP contribution in [0.25, 0.3) is 0 Å². The van der Waals surface area contributed by atoms with Gasteiger partial charge in [-0.2, -0.15) is 0 Å². The Bertz CT molecular complexity index is 401. The molecule has 1 heterocycles. The highest BCUT2D eigenvalue weighted by Gasteiger charge is 2.05. The van der Waals surface area contributed by atoms with E-state index in [1.165, 1.54) is 7.11 Å². The molecule has 0 saturated carbocycles. The van der Waals surface area contributed by atoms with Gasteiger partial charge in [0.2, 0.25) is 0 Å². The van der Waals surface area contributed by atoms with Crippen LogP contribution in [0.3, 0.4) is 0 Å². The van der Waals surface area contributed by atoms with E-state index >= 15 is 0 Å². The van der Waals surface area contributed by atoms with Crippen LogP contribution in [0.2, 0.25) is 0 Å². The zero-order chi connectivity index (χ0) is 13.4. The number of pyridine rings is 1. The summed E-state index contributed by atoms with van der Waals surface area (Å²) in [5, 5.41) is 2.78. The third-order valence-electron chi connectivity index (χ3n) is 2.49. The van der Waals surface area contributed by atoms with Crippen LogP contribution in [0.15, 0.2) is 18.3 Å². The Balaban J connectivity index is 2.21. The minimum Gasteiger partial charge on any atom is -0.469 e. The molecule has 0 fully saturated rings. The van der Waals surface area contributed by atoms with Crippen LogP contribution in [-0.4, -0.2) is 30.5 Å². The number of methoxy groups -OCH3 is 1. The number of carbonyl (C=O) groups is 2. The number of aromatic nitrogens is 1. The van der Waals surface area contributed by atoms with Gasteiger partial charge in [-0.25, -0.2) is 0 Å². The van der Waals surface area contributed by atoms with Gasteiger partial charge >= 0.3 is 5.97 Å². The van der Waals surface area contributed by atoms with Crippen molar-refractivity contribution in [1.29, 1.82) is 0 Å². The van der Waals surface area contributed by atoms with Crippen LogP contribution in [-0.2, 0) is 9.53 Å². The van der Waals surface area contributed by atoms with Gasteiger partial charge in [-0.05, 0) is 31.9 Å². The number of esters is 1. The third kappa shape index (κ3) is 4.95. The molecule has 0 saturated heterocycles. The van der Waals surface area contributed by atoms with E-state index in [0.29, 0.717) is 24.9 Å². The molecule has 1 N–H and O–H groups in total. The fourth-order valence-electron chi connectivity index (χ4n) is 1.40. The summed E-state index contributed by atoms with van der Waals surface area (Å²) in [6.07, 6.45) is 3.40. The molecule has 0 aliphatic rings. The summed E-state index contributed by atoms with van der Waals surface area (Å²) in [5.41, 5.74) is 1.43. The highest BCUT2D eigenvalue weighted by Crippen LogP contribution is 2.00. The van der Waals surface area contributed by atoms with Crippen molar-refractivity contribution in [2.45, 2.75) is 26.2 Å². The predicted octanol–water partition coefficient (Wildman–Crippen LogP) is 1.46. The number of nitrogens with one attached hydrogen (secondary N) is 1. The van der Waals surface area contributed by atoms with Crippen molar-refractivity contribution in [1.82, 2.24) is 10.3 Å². The first-order valence-electron chi connectivity index (χ1n) is 5.91. The molecule has 18 heavy (non-hydrogen) atoms. The molecule has 98 valence electrons. The monoisotopic (exact) mass is 250 g/mol. The second-order valence-corrected chi connectivity index (χ2v) is 3.98. The second kappa shape index (κ2) is 7.42. The summed E-state index contributed by atoms with van der Waals surface area (Å²) in [4.78, 5) is 26.6. The highest BCUT2D eigenvalue weighted by atomic mass is 16.5. The van der Waals surface area contributed by atoms with Crippen molar-refractivity contribution < 1.29 is 14.3 Å². The lowest BCUT2D eigenvalue weighted by Gasteiger charge is -2.04. The van der Waals surface area contributed by atoms with Gasteiger partial charge in [0, 0.05) is 24.9 Å². The van der Waals surface area contributed by atoms with Crippen LogP contribution in [0.4, 0.5) is 0 Å². The Morgan fingerprint density at radius 3 is 2.72 bits per heavy atom. The van der Waals surface area contributed by atoms with Gasteiger partial charge in [0.05, 0.1) is 12.7 Å². The smallest absolute Gasteiger partial charge is 0.305 e. The van der Waals surface area contributed by atoms with Crippen molar-refractivity contribution >= 4 is 11.9 Å². The molecule has 0 radical (unpaired) electrons. The molecule has 5 nitrogen and oxygen atoms in total. The fraction of sp³-hybridized carbons (Fsp3) is 0.462. The van der Waals surface area contributed by atoms with E-state index < -0.39 is 0 Å². The molecule has 0 atom stereocenters. The maximum atomic E-state index is 11.7. The molecule has 0 aromatic carbocycles. The van der Waals surface area contributed by atoms with Gasteiger partial charge in [-0.3, -0.25) is 14.6 Å². The zero-order valence-electron chi connectivity index (χ0n) is 10.7. The molecule has 0 spiro atoms. The second-order valence-electron chi connectivity index (χ2n) is 3.98. The molecule has 0 aliphatic carbocycles. The summed E-state index contributed by atoms with van der Waals surface area (Å²) in [6, 6.07) is 3.54. The number of ether oxygens (including phenoxy) is 1. The molecule has 1 amide bonds. The lowest BCUT2D eigenvalue weighted by Crippen LogP contribution is -2.24. The first kappa shape index (κ1) is 14.2. The lowest BCUT2D eigenvalue weighted by molar-refractivity contribution is -0.140. The van der Waals surface area contributed by atoms with Crippen molar-refractivity contribution in [2.24, 2.45) is 0 Å². The first-order valence-corrected chi connectivity index (χ1v) is 5.91. The highest BCUT2D eigenvalue weighted by molar-refractivity contribution is 5.93. The van der Waals surface area contributed by atoms with E-state index in [4.69, 9.17) is 0 Å². The van der Waals surface area contributed by atoms with Gasteiger partial charge in [-0.1, -0.05) is 0 Å². The van der Waals surface area contributed by atoms with Crippen LogP contribution < -0.4 is 5.32 Å². The minimum absolute atomic E-state index is 0.138. The van der Waals surface area contributed by atoms with Crippen molar-refractivity contribution in [3.63, 3.8) is 0 Å². The number of carbonyl (C=O) groups excluding carboxylic acids is 2. The number of hydrogen-bond acceptors (Lipinski definition) is 4. The molecular formula is C13H18N2O3. The Hall–Kier alpha value is -1.91. The molecular weight excluding hydrogens is 232 g/mol. The Labute approximate surface area is 107 Å². The third-order valence-corrected chi connectivity index (χ3v) is 2.49. The van der Waals surface area contributed by atoms with Crippen molar-refractivity contribution in [3.8, 4) is 0 Å². The van der Waals surface area contributed by atoms with E-state index in [1.54, 1.807) is 18.3 Å². The lowest BCUT2D eigenvalue weighted by atomic mass is 10.2. The first-order chi connectivity index (χ1) is 8.63. The number of unbranched alkanes of at least 4 members (excludes halogenated alkanes) is 1.